The van der Waals surface area contributed by atoms with Gasteiger partial charge in [-0.25, -0.2) is 4.98 Å². The standard InChI is InChI=1S/C11H12N2O2/c1-7-5-9(7)11(14)13-10-4-3-8(15-2)6-12-10/h3-4,6,9H,1,5H2,2H3,(H,12,13,14). The summed E-state index contributed by atoms with van der Waals surface area (Å²) in [5, 5.41) is 2.72. The highest BCUT2D eigenvalue weighted by Gasteiger charge is 2.34. The number of pyridine rings is 1. The molecule has 1 amide bonds. The third kappa shape index (κ3) is 2.15. The quantitative estimate of drug-likeness (QED) is 0.761. The molecule has 4 nitrogen and oxygen atoms in total. The zero-order valence-corrected chi connectivity index (χ0v) is 8.49. The van der Waals surface area contributed by atoms with Gasteiger partial charge in [0.25, 0.3) is 0 Å². The van der Waals surface area contributed by atoms with E-state index in [0.717, 1.165) is 12.0 Å². The van der Waals surface area contributed by atoms with E-state index in [2.05, 4.69) is 16.9 Å². The van der Waals surface area contributed by atoms with Crippen molar-refractivity contribution >= 4 is 11.7 Å². The summed E-state index contributed by atoms with van der Waals surface area (Å²) >= 11 is 0. The molecule has 0 bridgehead atoms. The van der Waals surface area contributed by atoms with Gasteiger partial charge < -0.3 is 10.1 Å². The average Bonchev–Trinajstić information content (AvgIpc) is 2.97. The van der Waals surface area contributed by atoms with E-state index >= 15 is 0 Å². The van der Waals surface area contributed by atoms with Crippen LogP contribution in [0.2, 0.25) is 0 Å². The predicted molar refractivity (Wildman–Crippen MR) is 56.7 cm³/mol. The van der Waals surface area contributed by atoms with Crippen molar-refractivity contribution in [3.05, 3.63) is 30.5 Å². The molecule has 1 saturated carbocycles. The highest BCUT2D eigenvalue weighted by Crippen LogP contribution is 2.36. The number of hydrogen-bond acceptors (Lipinski definition) is 3. The molecule has 1 aliphatic rings. The van der Waals surface area contributed by atoms with Crippen molar-refractivity contribution in [3.63, 3.8) is 0 Å². The van der Waals surface area contributed by atoms with E-state index in [1.807, 2.05) is 0 Å². The normalized spacial score (nSPS) is 18.5. The molecule has 1 heterocycles. The maximum Gasteiger partial charge on any atom is 0.233 e. The van der Waals surface area contributed by atoms with Gasteiger partial charge in [0.15, 0.2) is 0 Å². The molecule has 15 heavy (non-hydrogen) atoms. The molecule has 1 atom stereocenters. The number of anilines is 1. The lowest BCUT2D eigenvalue weighted by Crippen LogP contribution is -2.14. The molecule has 1 N–H and O–H groups in total. The Kier molecular flexibility index (Phi) is 2.41. The Balaban J connectivity index is 1.98. The molecular formula is C11H12N2O2. The van der Waals surface area contributed by atoms with Crippen LogP contribution in [0.5, 0.6) is 5.75 Å². The third-order valence-electron chi connectivity index (χ3n) is 2.34. The Morgan fingerprint density at radius 3 is 2.87 bits per heavy atom. The number of rotatable bonds is 3. The topological polar surface area (TPSA) is 51.2 Å². The molecule has 78 valence electrons. The molecule has 0 spiro atoms. The van der Waals surface area contributed by atoms with Gasteiger partial charge >= 0.3 is 0 Å². The molecule has 1 aromatic heterocycles. The lowest BCUT2D eigenvalue weighted by Gasteiger charge is -2.03. The first kappa shape index (κ1) is 9.71. The fourth-order valence-corrected chi connectivity index (χ4v) is 1.27. The lowest BCUT2D eigenvalue weighted by molar-refractivity contribution is -0.117. The summed E-state index contributed by atoms with van der Waals surface area (Å²) in [6, 6.07) is 3.46. The summed E-state index contributed by atoms with van der Waals surface area (Å²) in [5.74, 6) is 1.16. The second-order valence-corrected chi connectivity index (χ2v) is 3.49. The summed E-state index contributed by atoms with van der Waals surface area (Å²) in [6.45, 7) is 3.74. The van der Waals surface area contributed by atoms with Crippen LogP contribution in [0, 0.1) is 5.92 Å². The fraction of sp³-hybridized carbons (Fsp3) is 0.273. The molecule has 1 unspecified atom stereocenters. The zero-order valence-electron chi connectivity index (χ0n) is 8.49. The van der Waals surface area contributed by atoms with Gasteiger partial charge in [0, 0.05) is 0 Å². The van der Waals surface area contributed by atoms with Crippen molar-refractivity contribution in [3.8, 4) is 5.75 Å². The van der Waals surface area contributed by atoms with Gasteiger partial charge in [-0.1, -0.05) is 12.2 Å². The predicted octanol–water partition coefficient (Wildman–Crippen LogP) is 1.60. The van der Waals surface area contributed by atoms with Crippen LogP contribution in [-0.2, 0) is 4.79 Å². The summed E-state index contributed by atoms with van der Waals surface area (Å²) in [5.41, 5.74) is 0.987. The molecule has 2 rings (SSSR count). The van der Waals surface area contributed by atoms with Crippen LogP contribution < -0.4 is 10.1 Å². The third-order valence-corrected chi connectivity index (χ3v) is 2.34. The van der Waals surface area contributed by atoms with Gasteiger partial charge in [-0.3, -0.25) is 4.79 Å². The number of carbonyl (C=O) groups excluding carboxylic acids is 1. The van der Waals surface area contributed by atoms with Crippen LogP contribution in [0.4, 0.5) is 5.82 Å². The van der Waals surface area contributed by atoms with E-state index < -0.39 is 0 Å². The number of hydrogen-bond donors (Lipinski definition) is 1. The first-order valence-corrected chi connectivity index (χ1v) is 4.69. The number of amides is 1. The van der Waals surface area contributed by atoms with Gasteiger partial charge in [-0.15, -0.1) is 0 Å². The van der Waals surface area contributed by atoms with E-state index in [-0.39, 0.29) is 11.8 Å². The van der Waals surface area contributed by atoms with Crippen molar-refractivity contribution in [2.24, 2.45) is 5.92 Å². The summed E-state index contributed by atoms with van der Waals surface area (Å²) in [4.78, 5) is 15.5. The molecule has 1 fully saturated rings. The molecule has 0 radical (unpaired) electrons. The van der Waals surface area contributed by atoms with Gasteiger partial charge in [0.1, 0.15) is 11.6 Å². The van der Waals surface area contributed by atoms with Crippen LogP contribution in [0.25, 0.3) is 0 Å². The van der Waals surface area contributed by atoms with Gasteiger partial charge in [-0.2, -0.15) is 0 Å². The molecule has 1 aromatic rings. The second kappa shape index (κ2) is 3.73. The zero-order chi connectivity index (χ0) is 10.8. The molecule has 0 saturated heterocycles. The Morgan fingerprint density at radius 2 is 2.40 bits per heavy atom. The highest BCUT2D eigenvalue weighted by molar-refractivity contribution is 5.96. The van der Waals surface area contributed by atoms with Gasteiger partial charge in [-0.05, 0) is 18.6 Å². The number of carbonyl (C=O) groups is 1. The summed E-state index contributed by atoms with van der Waals surface area (Å²) < 4.78 is 4.96. The van der Waals surface area contributed by atoms with E-state index in [1.165, 1.54) is 0 Å². The largest absolute Gasteiger partial charge is 0.495 e. The molecule has 1 aliphatic carbocycles. The smallest absolute Gasteiger partial charge is 0.233 e. The maximum atomic E-state index is 11.5. The summed E-state index contributed by atoms with van der Waals surface area (Å²) in [6.07, 6.45) is 2.36. The van der Waals surface area contributed by atoms with Crippen molar-refractivity contribution in [2.75, 3.05) is 12.4 Å². The van der Waals surface area contributed by atoms with Gasteiger partial charge in [0.05, 0.1) is 19.2 Å². The van der Waals surface area contributed by atoms with E-state index in [4.69, 9.17) is 4.74 Å². The minimum Gasteiger partial charge on any atom is -0.495 e. The van der Waals surface area contributed by atoms with E-state index in [0.29, 0.717) is 11.6 Å². The van der Waals surface area contributed by atoms with Crippen molar-refractivity contribution in [1.82, 2.24) is 4.98 Å². The van der Waals surface area contributed by atoms with Crippen molar-refractivity contribution in [1.29, 1.82) is 0 Å². The fourth-order valence-electron chi connectivity index (χ4n) is 1.27. The Hall–Kier alpha value is -1.84. The first-order valence-electron chi connectivity index (χ1n) is 4.69. The number of ether oxygens (including phenoxy) is 1. The second-order valence-electron chi connectivity index (χ2n) is 3.49. The lowest BCUT2D eigenvalue weighted by atomic mass is 10.3. The van der Waals surface area contributed by atoms with E-state index in [9.17, 15) is 4.79 Å². The highest BCUT2D eigenvalue weighted by atomic mass is 16.5. The number of nitrogens with zero attached hydrogens (tertiary/aromatic N) is 1. The van der Waals surface area contributed by atoms with Crippen LogP contribution >= 0.6 is 0 Å². The minimum absolute atomic E-state index is 0.0195. The Labute approximate surface area is 88.0 Å². The number of aromatic nitrogens is 1. The molecule has 0 aliphatic heterocycles. The van der Waals surface area contributed by atoms with Crippen LogP contribution in [-0.4, -0.2) is 18.0 Å². The van der Waals surface area contributed by atoms with Crippen LogP contribution in [0.1, 0.15) is 6.42 Å². The first-order chi connectivity index (χ1) is 7.20. The van der Waals surface area contributed by atoms with Crippen molar-refractivity contribution in [2.45, 2.75) is 6.42 Å². The van der Waals surface area contributed by atoms with Crippen molar-refractivity contribution < 1.29 is 9.53 Å². The summed E-state index contributed by atoms with van der Waals surface area (Å²) in [7, 11) is 1.57. The molecular weight excluding hydrogens is 192 g/mol. The minimum atomic E-state index is -0.0299. The number of nitrogens with one attached hydrogen (secondary N) is 1. The van der Waals surface area contributed by atoms with Crippen LogP contribution in [0.15, 0.2) is 30.5 Å². The SMILES string of the molecule is C=C1CC1C(=O)Nc1ccc(OC)cn1. The average molecular weight is 204 g/mol. The van der Waals surface area contributed by atoms with Gasteiger partial charge in [0.2, 0.25) is 5.91 Å². The van der Waals surface area contributed by atoms with E-state index in [1.54, 1.807) is 25.4 Å². The maximum absolute atomic E-state index is 11.5. The molecule has 0 aromatic carbocycles. The number of methoxy groups -OCH3 is 1. The Morgan fingerprint density at radius 1 is 1.67 bits per heavy atom. The molecule has 4 heteroatoms. The Bertz CT molecular complexity index is 398. The van der Waals surface area contributed by atoms with Crippen LogP contribution in [0.3, 0.4) is 0 Å². The monoisotopic (exact) mass is 204 g/mol.